The van der Waals surface area contributed by atoms with Gasteiger partial charge in [0.05, 0.1) is 6.10 Å². The summed E-state index contributed by atoms with van der Waals surface area (Å²) in [5.74, 6) is -1.60. The van der Waals surface area contributed by atoms with Crippen molar-refractivity contribution in [1.29, 1.82) is 0 Å². The van der Waals surface area contributed by atoms with E-state index < -0.39 is 17.7 Å². The van der Waals surface area contributed by atoms with Crippen molar-refractivity contribution in [3.63, 3.8) is 0 Å². The molecular weight excluding hydrogens is 378 g/mol. The van der Waals surface area contributed by atoms with E-state index in [1.54, 1.807) is 0 Å². The summed E-state index contributed by atoms with van der Waals surface area (Å²) < 4.78 is 38.8. The summed E-state index contributed by atoms with van der Waals surface area (Å²) in [7, 11) is 0. The van der Waals surface area contributed by atoms with E-state index in [9.17, 15) is 13.6 Å². The number of ether oxygens (including phenoxy) is 2. The molecule has 1 aromatic rings. The highest BCUT2D eigenvalue weighted by Gasteiger charge is 2.33. The van der Waals surface area contributed by atoms with E-state index >= 15 is 0 Å². The first kappa shape index (κ1) is 17.7. The van der Waals surface area contributed by atoms with E-state index in [-0.39, 0.29) is 22.8 Å². The SMILES string of the molecule is CSC1CC(OC(C)=O)CC(c2cc(CBr)c(F)cc2F)O1. The molecule has 0 aliphatic carbocycles. The number of halogens is 3. The summed E-state index contributed by atoms with van der Waals surface area (Å²) in [5, 5.41) is 0.290. The van der Waals surface area contributed by atoms with Crippen molar-refractivity contribution in [2.24, 2.45) is 0 Å². The van der Waals surface area contributed by atoms with Crippen LogP contribution in [0.5, 0.6) is 0 Å². The van der Waals surface area contributed by atoms with Crippen LogP contribution in [0.3, 0.4) is 0 Å². The van der Waals surface area contributed by atoms with Crippen LogP contribution >= 0.6 is 27.7 Å². The second-order valence-electron chi connectivity index (χ2n) is 5.09. The standard InChI is InChI=1S/C15H17BrF2O3S/c1-8(19)20-10-4-14(21-15(5-10)22-2)11-3-9(7-16)12(17)6-13(11)18/h3,6,10,14-15H,4-5,7H2,1-2H3. The molecule has 122 valence electrons. The van der Waals surface area contributed by atoms with Crippen LogP contribution in [0.4, 0.5) is 8.78 Å². The van der Waals surface area contributed by atoms with Gasteiger partial charge in [-0.15, -0.1) is 11.8 Å². The fourth-order valence-corrected chi connectivity index (χ4v) is 3.57. The molecule has 0 saturated carbocycles. The molecule has 0 spiro atoms. The monoisotopic (exact) mass is 394 g/mol. The van der Waals surface area contributed by atoms with Crippen molar-refractivity contribution < 1.29 is 23.0 Å². The van der Waals surface area contributed by atoms with Crippen molar-refractivity contribution >= 4 is 33.7 Å². The van der Waals surface area contributed by atoms with Gasteiger partial charge in [-0.1, -0.05) is 15.9 Å². The second-order valence-corrected chi connectivity index (χ2v) is 6.65. The molecule has 1 heterocycles. The van der Waals surface area contributed by atoms with E-state index in [2.05, 4.69) is 15.9 Å². The van der Waals surface area contributed by atoms with E-state index in [1.807, 2.05) is 6.26 Å². The molecule has 2 rings (SSSR count). The summed E-state index contributed by atoms with van der Waals surface area (Å²) in [4.78, 5) is 11.2. The number of hydrogen-bond acceptors (Lipinski definition) is 4. The molecule has 1 aliphatic heterocycles. The second kappa shape index (κ2) is 7.75. The predicted octanol–water partition coefficient (Wildman–Crippen LogP) is 4.33. The van der Waals surface area contributed by atoms with Crippen molar-refractivity contribution in [2.75, 3.05) is 6.26 Å². The Morgan fingerprint density at radius 1 is 1.41 bits per heavy atom. The Hall–Kier alpha value is -0.660. The Kier molecular flexibility index (Phi) is 6.23. The fourth-order valence-electron chi connectivity index (χ4n) is 2.49. The Labute approximate surface area is 140 Å². The molecule has 1 fully saturated rings. The van der Waals surface area contributed by atoms with Gasteiger partial charge in [0.15, 0.2) is 0 Å². The quantitative estimate of drug-likeness (QED) is 0.562. The zero-order chi connectivity index (χ0) is 16.3. The first-order valence-electron chi connectivity index (χ1n) is 6.83. The van der Waals surface area contributed by atoms with E-state index in [4.69, 9.17) is 9.47 Å². The molecule has 1 saturated heterocycles. The maximum atomic E-state index is 14.1. The van der Waals surface area contributed by atoms with Crippen molar-refractivity contribution in [3.8, 4) is 0 Å². The van der Waals surface area contributed by atoms with Crippen molar-refractivity contribution in [2.45, 2.75) is 42.7 Å². The molecule has 0 bridgehead atoms. The summed E-state index contributed by atoms with van der Waals surface area (Å²) in [5.41, 5.74) is 0.474. The van der Waals surface area contributed by atoms with Crippen molar-refractivity contribution in [1.82, 2.24) is 0 Å². The van der Waals surface area contributed by atoms with E-state index in [1.165, 1.54) is 24.8 Å². The number of esters is 1. The number of benzene rings is 1. The maximum Gasteiger partial charge on any atom is 0.302 e. The van der Waals surface area contributed by atoms with Gasteiger partial charge in [-0.05, 0) is 17.9 Å². The molecule has 0 radical (unpaired) electrons. The van der Waals surface area contributed by atoms with Gasteiger partial charge in [-0.2, -0.15) is 0 Å². The number of alkyl halides is 1. The van der Waals surface area contributed by atoms with Gasteiger partial charge >= 0.3 is 5.97 Å². The number of rotatable bonds is 4. The maximum absolute atomic E-state index is 14.1. The molecule has 1 aromatic carbocycles. The van der Waals surface area contributed by atoms with Crippen LogP contribution < -0.4 is 0 Å². The number of thioether (sulfide) groups is 1. The summed E-state index contributed by atoms with van der Waals surface area (Å²) in [6, 6.07) is 2.34. The van der Waals surface area contributed by atoms with Crippen LogP contribution in [0.15, 0.2) is 12.1 Å². The summed E-state index contributed by atoms with van der Waals surface area (Å²) in [6.45, 7) is 1.35. The lowest BCUT2D eigenvalue weighted by molar-refractivity contribution is -0.155. The summed E-state index contributed by atoms with van der Waals surface area (Å²) >= 11 is 4.66. The number of carbonyl (C=O) groups excluding carboxylic acids is 1. The van der Waals surface area contributed by atoms with Crippen molar-refractivity contribution in [3.05, 3.63) is 34.9 Å². The van der Waals surface area contributed by atoms with Gasteiger partial charge in [-0.3, -0.25) is 4.79 Å². The first-order chi connectivity index (χ1) is 10.4. The minimum absolute atomic E-state index is 0.194. The largest absolute Gasteiger partial charge is 0.462 e. The van der Waals surface area contributed by atoms with Crippen LogP contribution in [0.2, 0.25) is 0 Å². The lowest BCUT2D eigenvalue weighted by Gasteiger charge is -2.34. The van der Waals surface area contributed by atoms with Crippen LogP contribution in [-0.2, 0) is 19.6 Å². The van der Waals surface area contributed by atoms with Gasteiger partial charge in [-0.25, -0.2) is 8.78 Å². The Morgan fingerprint density at radius 2 is 2.14 bits per heavy atom. The normalized spacial score (nSPS) is 25.0. The van der Waals surface area contributed by atoms with E-state index in [0.29, 0.717) is 24.0 Å². The molecule has 3 unspecified atom stereocenters. The Morgan fingerprint density at radius 3 is 2.73 bits per heavy atom. The highest BCUT2D eigenvalue weighted by molar-refractivity contribution is 9.08. The molecule has 3 atom stereocenters. The van der Waals surface area contributed by atoms with Crippen LogP contribution in [0.25, 0.3) is 0 Å². The molecule has 0 N–H and O–H groups in total. The van der Waals surface area contributed by atoms with Crippen LogP contribution in [0, 0.1) is 11.6 Å². The van der Waals surface area contributed by atoms with Gasteiger partial charge in [0.2, 0.25) is 0 Å². The minimum atomic E-state index is -0.643. The molecule has 22 heavy (non-hydrogen) atoms. The zero-order valence-corrected chi connectivity index (χ0v) is 14.7. The van der Waals surface area contributed by atoms with Crippen LogP contribution in [-0.4, -0.2) is 23.8 Å². The Bertz CT molecular complexity index is 556. The zero-order valence-electron chi connectivity index (χ0n) is 12.3. The average molecular weight is 395 g/mol. The number of hydrogen-bond donors (Lipinski definition) is 0. The van der Waals surface area contributed by atoms with Gasteiger partial charge < -0.3 is 9.47 Å². The summed E-state index contributed by atoms with van der Waals surface area (Å²) in [6.07, 6.45) is 1.91. The molecule has 3 nitrogen and oxygen atoms in total. The topological polar surface area (TPSA) is 35.5 Å². The van der Waals surface area contributed by atoms with Gasteiger partial charge in [0.1, 0.15) is 23.2 Å². The van der Waals surface area contributed by atoms with Crippen LogP contribution in [0.1, 0.15) is 37.0 Å². The highest BCUT2D eigenvalue weighted by Crippen LogP contribution is 2.38. The molecule has 0 amide bonds. The third kappa shape index (κ3) is 4.20. The third-order valence-electron chi connectivity index (χ3n) is 3.50. The Balaban J connectivity index is 2.27. The minimum Gasteiger partial charge on any atom is -0.462 e. The van der Waals surface area contributed by atoms with E-state index in [0.717, 1.165) is 6.07 Å². The predicted molar refractivity (Wildman–Crippen MR) is 84.9 cm³/mol. The molecule has 7 heteroatoms. The molecule has 0 aromatic heterocycles. The molecule has 1 aliphatic rings. The van der Waals surface area contributed by atoms with Gasteiger partial charge in [0.25, 0.3) is 0 Å². The number of carbonyl (C=O) groups is 1. The smallest absolute Gasteiger partial charge is 0.302 e. The third-order valence-corrected chi connectivity index (χ3v) is 4.93. The highest BCUT2D eigenvalue weighted by atomic mass is 79.9. The average Bonchev–Trinajstić information content (AvgIpc) is 2.46. The lowest BCUT2D eigenvalue weighted by Crippen LogP contribution is -2.32. The lowest BCUT2D eigenvalue weighted by atomic mass is 9.97. The molecular formula is C15H17BrF2O3S. The van der Waals surface area contributed by atoms with Gasteiger partial charge in [0, 0.05) is 36.7 Å². The fraction of sp³-hybridized carbons (Fsp3) is 0.533. The first-order valence-corrected chi connectivity index (χ1v) is 9.24.